The largest absolute Gasteiger partial charge is 1.00 e. The second-order valence-electron chi connectivity index (χ2n) is 1.38. The molecule has 13 heavy (non-hydrogen) atoms. The van der Waals surface area contributed by atoms with E-state index in [0.717, 1.165) is 6.08 Å². The molecular weight excluding hydrogens is 210 g/mol. The summed E-state index contributed by atoms with van der Waals surface area (Å²) >= 11 is 0. The molecular formula is C5H10NaO6P. The summed E-state index contributed by atoms with van der Waals surface area (Å²) in [6.45, 7) is 6.63. The molecule has 0 heterocycles. The molecule has 6 nitrogen and oxygen atoms in total. The third-order valence-corrected chi connectivity index (χ3v) is 0.411. The van der Waals surface area contributed by atoms with Crippen molar-refractivity contribution >= 4 is 13.8 Å². The second-order valence-corrected chi connectivity index (χ2v) is 2.41. The number of esters is 1. The Bertz CT molecular complexity index is 179. The molecule has 3 N–H and O–H groups in total. The fraction of sp³-hybridized carbons (Fsp3) is 0.200. The molecule has 0 amide bonds. The molecule has 0 aromatic heterocycles. The molecule has 0 fully saturated rings. The quantitative estimate of drug-likeness (QED) is 0.147. The van der Waals surface area contributed by atoms with Gasteiger partial charge in [0.25, 0.3) is 0 Å². The van der Waals surface area contributed by atoms with E-state index in [4.69, 9.17) is 19.2 Å². The molecule has 0 atom stereocenters. The van der Waals surface area contributed by atoms with E-state index in [9.17, 15) is 4.79 Å². The number of carbonyl (C=O) groups excluding carboxylic acids is 1. The number of rotatable bonds is 2. The van der Waals surface area contributed by atoms with Gasteiger partial charge in [-0.2, -0.15) is 0 Å². The van der Waals surface area contributed by atoms with Gasteiger partial charge in [0.1, 0.15) is 0 Å². The van der Waals surface area contributed by atoms with Crippen LogP contribution < -0.4 is 29.6 Å². The monoisotopic (exact) mass is 220 g/mol. The van der Waals surface area contributed by atoms with Crippen molar-refractivity contribution in [3.8, 4) is 0 Å². The number of hydrogen-bond acceptors (Lipinski definition) is 3. The number of ether oxygens (including phenoxy) is 1. The summed E-state index contributed by atoms with van der Waals surface area (Å²) in [5.41, 5.74) is 0. The summed E-state index contributed by atoms with van der Waals surface area (Å²) in [6.07, 6.45) is 1.10. The zero-order chi connectivity index (χ0) is 10.2. The topological polar surface area (TPSA) is 104 Å². The van der Waals surface area contributed by atoms with Crippen LogP contribution in [0.15, 0.2) is 12.7 Å². The van der Waals surface area contributed by atoms with Crippen molar-refractivity contribution in [2.75, 3.05) is 6.61 Å². The smallest absolute Gasteiger partial charge is 0.496 e. The molecule has 0 rings (SSSR count). The maximum absolute atomic E-state index is 10.0. The molecule has 0 saturated carbocycles. The molecule has 0 aliphatic heterocycles. The van der Waals surface area contributed by atoms with Crippen LogP contribution in [0.1, 0.15) is 0 Å². The van der Waals surface area contributed by atoms with E-state index >= 15 is 0 Å². The average Bonchev–Trinajstić information content (AvgIpc) is 1.85. The normalized spacial score (nSPS) is 8.62. The molecule has 72 valence electrons. The molecule has 0 saturated heterocycles. The molecule has 0 aromatic carbocycles. The number of phosphoric acid groups is 1. The summed E-state index contributed by atoms with van der Waals surface area (Å²) in [6, 6.07) is 0. The zero-order valence-electron chi connectivity index (χ0n) is 7.21. The van der Waals surface area contributed by atoms with Crippen LogP contribution in [0, 0.1) is 6.92 Å². The van der Waals surface area contributed by atoms with Gasteiger partial charge in [0.2, 0.25) is 0 Å². The van der Waals surface area contributed by atoms with Gasteiger partial charge in [0, 0.05) is 6.08 Å². The Morgan fingerprint density at radius 1 is 1.54 bits per heavy atom. The molecule has 0 bridgehead atoms. The predicted octanol–water partition coefficient (Wildman–Crippen LogP) is -3.37. The zero-order valence-corrected chi connectivity index (χ0v) is 10.1. The Labute approximate surface area is 98.1 Å². The van der Waals surface area contributed by atoms with Gasteiger partial charge >= 0.3 is 43.3 Å². The molecule has 0 unspecified atom stereocenters. The predicted molar refractivity (Wildman–Crippen MR) is 40.8 cm³/mol. The van der Waals surface area contributed by atoms with E-state index in [1.54, 1.807) is 0 Å². The summed E-state index contributed by atoms with van der Waals surface area (Å²) in [5, 5.41) is 0. The van der Waals surface area contributed by atoms with Crippen molar-refractivity contribution in [1.82, 2.24) is 0 Å². The SMILES string of the molecule is C=CC(=O)OC[CH2-].O=P(O)(O)O.[Na+]. The van der Waals surface area contributed by atoms with Crippen LogP contribution in [-0.4, -0.2) is 27.3 Å². The van der Waals surface area contributed by atoms with E-state index in [1.807, 2.05) is 0 Å². The van der Waals surface area contributed by atoms with Crippen LogP contribution in [0.2, 0.25) is 0 Å². The minimum absolute atomic E-state index is 0. The summed E-state index contributed by atoms with van der Waals surface area (Å²) in [4.78, 5) is 31.6. The Morgan fingerprint density at radius 2 is 1.85 bits per heavy atom. The van der Waals surface area contributed by atoms with E-state index in [0.29, 0.717) is 0 Å². The van der Waals surface area contributed by atoms with E-state index < -0.39 is 13.8 Å². The van der Waals surface area contributed by atoms with Gasteiger partial charge in [-0.25, -0.2) is 9.36 Å². The van der Waals surface area contributed by atoms with Crippen molar-refractivity contribution in [3.05, 3.63) is 19.6 Å². The average molecular weight is 220 g/mol. The van der Waals surface area contributed by atoms with Crippen LogP contribution in [0.3, 0.4) is 0 Å². The summed E-state index contributed by atoms with van der Waals surface area (Å²) < 4.78 is 13.2. The summed E-state index contributed by atoms with van der Waals surface area (Å²) in [5.74, 6) is -0.421. The first kappa shape index (κ1) is 19.0. The van der Waals surface area contributed by atoms with Gasteiger partial charge < -0.3 is 26.3 Å². The van der Waals surface area contributed by atoms with Crippen LogP contribution in [0.25, 0.3) is 0 Å². The Hall–Kier alpha value is 0.320. The first-order chi connectivity index (χ1) is 5.31. The molecule has 0 spiro atoms. The second kappa shape index (κ2) is 10.4. The molecule has 0 radical (unpaired) electrons. The fourth-order valence-electron chi connectivity index (χ4n) is 0.160. The first-order valence-electron chi connectivity index (χ1n) is 2.68. The maximum Gasteiger partial charge on any atom is 1.00 e. The summed E-state index contributed by atoms with van der Waals surface area (Å²) in [7, 11) is -4.64. The number of hydrogen-bond donors (Lipinski definition) is 3. The molecule has 8 heteroatoms. The fourth-order valence-corrected chi connectivity index (χ4v) is 0.160. The third-order valence-electron chi connectivity index (χ3n) is 0.411. The van der Waals surface area contributed by atoms with Crippen LogP contribution in [-0.2, 0) is 14.1 Å². The van der Waals surface area contributed by atoms with Gasteiger partial charge in [-0.15, -0.1) is 0 Å². The van der Waals surface area contributed by atoms with E-state index in [-0.39, 0.29) is 36.2 Å². The van der Waals surface area contributed by atoms with Crippen LogP contribution >= 0.6 is 7.82 Å². The van der Waals surface area contributed by atoms with Crippen molar-refractivity contribution in [2.24, 2.45) is 0 Å². The maximum atomic E-state index is 10.0. The van der Waals surface area contributed by atoms with Crippen LogP contribution in [0.4, 0.5) is 0 Å². The van der Waals surface area contributed by atoms with Gasteiger partial charge in [-0.05, 0) is 6.61 Å². The van der Waals surface area contributed by atoms with Crippen molar-refractivity contribution in [3.63, 3.8) is 0 Å². The van der Waals surface area contributed by atoms with Crippen molar-refractivity contribution < 1.29 is 58.3 Å². The molecule has 0 aromatic rings. The van der Waals surface area contributed by atoms with Crippen molar-refractivity contribution in [1.29, 1.82) is 0 Å². The third kappa shape index (κ3) is 46.4. The standard InChI is InChI=1S/C5H7O2.Na.H3O4P/c1-3-5(6)7-4-2;;1-5(2,3)4/h3H,1-2,4H2;;(H3,1,2,3,4)/q-1;+1;. The van der Waals surface area contributed by atoms with E-state index in [2.05, 4.69) is 18.2 Å². The Kier molecular flexibility index (Phi) is 15.2. The molecule has 0 aliphatic rings. The minimum Gasteiger partial charge on any atom is -0.496 e. The Balaban J connectivity index is -0.000000150. The van der Waals surface area contributed by atoms with Gasteiger partial charge in [0.05, 0.1) is 0 Å². The van der Waals surface area contributed by atoms with Crippen molar-refractivity contribution in [2.45, 2.75) is 0 Å². The Morgan fingerprint density at radius 3 is 1.92 bits per heavy atom. The van der Waals surface area contributed by atoms with Gasteiger partial charge in [-0.3, -0.25) is 0 Å². The first-order valence-corrected chi connectivity index (χ1v) is 4.24. The number of carbonyl (C=O) groups is 1. The van der Waals surface area contributed by atoms with Crippen LogP contribution in [0.5, 0.6) is 0 Å². The van der Waals surface area contributed by atoms with Gasteiger partial charge in [-0.1, -0.05) is 6.58 Å². The van der Waals surface area contributed by atoms with Gasteiger partial charge in [0.15, 0.2) is 0 Å². The molecule has 0 aliphatic carbocycles. The van der Waals surface area contributed by atoms with E-state index in [1.165, 1.54) is 0 Å². The minimum atomic E-state index is -4.64.